The Morgan fingerprint density at radius 3 is 2.53 bits per heavy atom. The largest absolute Gasteiger partial charge is 0.465 e. The van der Waals surface area contributed by atoms with Crippen LogP contribution in [0.3, 0.4) is 0 Å². The molecule has 96 valence electrons. The summed E-state index contributed by atoms with van der Waals surface area (Å²) in [5.41, 5.74) is 0. The third-order valence-electron chi connectivity index (χ3n) is 2.78. The first-order valence-electron chi connectivity index (χ1n) is 5.63. The fourth-order valence-electron chi connectivity index (χ4n) is 2.19. The average molecular weight is 241 g/mol. The van der Waals surface area contributed by atoms with Crippen LogP contribution in [0.4, 0.5) is 4.79 Å². The maximum atomic E-state index is 11.1. The van der Waals surface area contributed by atoms with Gasteiger partial charge in [0.1, 0.15) is 6.10 Å². The normalized spacial score (nSPS) is 31.6. The van der Waals surface area contributed by atoms with Gasteiger partial charge in [0.2, 0.25) is 0 Å². The lowest BCUT2D eigenvalue weighted by atomic mass is 10.0. The third kappa shape index (κ3) is 2.90. The fourth-order valence-corrected chi connectivity index (χ4v) is 2.19. The summed E-state index contributed by atoms with van der Waals surface area (Å²) in [7, 11) is 0. The molecule has 0 aliphatic carbocycles. The summed E-state index contributed by atoms with van der Waals surface area (Å²) in [6.07, 6.45) is 3.50. The molecule has 1 aliphatic rings. The summed E-state index contributed by atoms with van der Waals surface area (Å²) in [5.74, 6) is 1.72. The lowest BCUT2D eigenvalue weighted by Crippen LogP contribution is -2.60. The van der Waals surface area contributed by atoms with Crippen molar-refractivity contribution >= 4 is 6.09 Å². The van der Waals surface area contributed by atoms with Gasteiger partial charge in [-0.2, -0.15) is 0 Å². The van der Waals surface area contributed by atoms with Crippen LogP contribution in [0.15, 0.2) is 0 Å². The second kappa shape index (κ2) is 4.94. The Balaban J connectivity index is 2.97. The molecule has 0 bridgehead atoms. The highest BCUT2D eigenvalue weighted by molar-refractivity contribution is 5.65. The number of ether oxygens (including phenoxy) is 2. The topological polar surface area (TPSA) is 59.0 Å². The van der Waals surface area contributed by atoms with Crippen LogP contribution in [0, 0.1) is 12.3 Å². The van der Waals surface area contributed by atoms with Crippen molar-refractivity contribution < 1.29 is 19.4 Å². The summed E-state index contributed by atoms with van der Waals surface area (Å²) in [4.78, 5) is 12.4. The number of carbonyl (C=O) groups is 1. The molecule has 0 spiro atoms. The highest BCUT2D eigenvalue weighted by Crippen LogP contribution is 2.29. The molecule has 1 aliphatic heterocycles. The molecule has 1 fully saturated rings. The van der Waals surface area contributed by atoms with E-state index in [1.807, 2.05) is 6.92 Å². The van der Waals surface area contributed by atoms with Crippen LogP contribution in [0.5, 0.6) is 0 Å². The van der Waals surface area contributed by atoms with Crippen LogP contribution in [0.1, 0.15) is 27.7 Å². The zero-order chi connectivity index (χ0) is 13.2. The van der Waals surface area contributed by atoms with Crippen LogP contribution in [0.25, 0.3) is 0 Å². The highest BCUT2D eigenvalue weighted by Gasteiger charge is 2.44. The van der Waals surface area contributed by atoms with Crippen molar-refractivity contribution in [3.05, 3.63) is 0 Å². The van der Waals surface area contributed by atoms with Crippen LogP contribution in [0.2, 0.25) is 0 Å². The van der Waals surface area contributed by atoms with E-state index < -0.39 is 24.0 Å². The molecule has 1 N–H and O–H groups in total. The zero-order valence-electron chi connectivity index (χ0n) is 10.6. The van der Waals surface area contributed by atoms with Gasteiger partial charge in [0.15, 0.2) is 5.79 Å². The zero-order valence-corrected chi connectivity index (χ0v) is 10.6. The van der Waals surface area contributed by atoms with Gasteiger partial charge in [0, 0.05) is 6.54 Å². The van der Waals surface area contributed by atoms with E-state index in [1.54, 1.807) is 20.8 Å². The van der Waals surface area contributed by atoms with E-state index in [9.17, 15) is 4.79 Å². The van der Waals surface area contributed by atoms with E-state index in [0.29, 0.717) is 6.54 Å². The van der Waals surface area contributed by atoms with Crippen molar-refractivity contribution in [1.29, 1.82) is 0 Å². The Morgan fingerprint density at radius 1 is 1.53 bits per heavy atom. The standard InChI is InChI=1S/C12H19NO4/c1-6-9-10(13(7-2)11(14)15)8(3)16-12(4,5)17-9/h1,8-10H,7H2,2-5H3,(H,14,15). The van der Waals surface area contributed by atoms with Crippen molar-refractivity contribution in [2.45, 2.75) is 51.7 Å². The van der Waals surface area contributed by atoms with Gasteiger partial charge in [-0.1, -0.05) is 5.92 Å². The summed E-state index contributed by atoms with van der Waals surface area (Å²) in [6, 6.07) is -0.476. The molecule has 3 unspecified atom stereocenters. The van der Waals surface area contributed by atoms with Crippen molar-refractivity contribution in [3.63, 3.8) is 0 Å². The lowest BCUT2D eigenvalue weighted by molar-refractivity contribution is -0.303. The molecular weight excluding hydrogens is 222 g/mol. The molecule has 17 heavy (non-hydrogen) atoms. The molecule has 0 aromatic carbocycles. The molecule has 0 aromatic heterocycles. The molecule has 1 heterocycles. The molecule has 1 saturated heterocycles. The van der Waals surface area contributed by atoms with Gasteiger partial charge in [0.25, 0.3) is 0 Å². The average Bonchev–Trinajstić information content (AvgIpc) is 2.20. The van der Waals surface area contributed by atoms with Gasteiger partial charge in [-0.25, -0.2) is 4.79 Å². The first-order valence-corrected chi connectivity index (χ1v) is 5.63. The maximum Gasteiger partial charge on any atom is 0.407 e. The van der Waals surface area contributed by atoms with Crippen molar-refractivity contribution in [3.8, 4) is 12.3 Å². The SMILES string of the molecule is C#CC1OC(C)(C)OC(C)C1N(CC)C(=O)O. The van der Waals surface area contributed by atoms with Crippen molar-refractivity contribution in [2.24, 2.45) is 0 Å². The number of carboxylic acid groups (broad SMARTS) is 1. The van der Waals surface area contributed by atoms with E-state index in [1.165, 1.54) is 4.90 Å². The van der Waals surface area contributed by atoms with Gasteiger partial charge in [-0.05, 0) is 27.7 Å². The van der Waals surface area contributed by atoms with Crippen molar-refractivity contribution in [1.82, 2.24) is 4.90 Å². The monoisotopic (exact) mass is 241 g/mol. The molecule has 0 saturated carbocycles. The van der Waals surface area contributed by atoms with E-state index >= 15 is 0 Å². The first kappa shape index (κ1) is 13.8. The third-order valence-corrected chi connectivity index (χ3v) is 2.78. The van der Waals surface area contributed by atoms with Crippen LogP contribution in [-0.4, -0.2) is 46.7 Å². The van der Waals surface area contributed by atoms with Gasteiger partial charge in [-0.3, -0.25) is 4.90 Å². The number of hydrogen-bond donors (Lipinski definition) is 1. The van der Waals surface area contributed by atoms with E-state index in [0.717, 1.165) is 0 Å². The van der Waals surface area contributed by atoms with E-state index in [2.05, 4.69) is 5.92 Å². The van der Waals surface area contributed by atoms with Crippen molar-refractivity contribution in [2.75, 3.05) is 6.54 Å². The smallest absolute Gasteiger partial charge is 0.407 e. The molecule has 1 rings (SSSR count). The number of terminal acetylenes is 1. The minimum atomic E-state index is -1.02. The Labute approximate surface area is 102 Å². The molecular formula is C12H19NO4. The predicted molar refractivity (Wildman–Crippen MR) is 62.5 cm³/mol. The van der Waals surface area contributed by atoms with Crippen LogP contribution < -0.4 is 0 Å². The second-order valence-electron chi connectivity index (χ2n) is 4.49. The summed E-state index contributed by atoms with van der Waals surface area (Å²) < 4.78 is 11.2. The molecule has 5 heteroatoms. The van der Waals surface area contributed by atoms with E-state index in [-0.39, 0.29) is 6.10 Å². The minimum Gasteiger partial charge on any atom is -0.465 e. The number of hydrogen-bond acceptors (Lipinski definition) is 3. The summed E-state index contributed by atoms with van der Waals surface area (Å²) in [6.45, 7) is 7.44. The summed E-state index contributed by atoms with van der Waals surface area (Å²) >= 11 is 0. The Hall–Kier alpha value is -1.25. The number of nitrogens with zero attached hydrogens (tertiary/aromatic N) is 1. The highest BCUT2D eigenvalue weighted by atomic mass is 16.7. The van der Waals surface area contributed by atoms with Crippen LogP contribution >= 0.6 is 0 Å². The maximum absolute atomic E-state index is 11.1. The predicted octanol–water partition coefficient (Wildman–Crippen LogP) is 1.53. The molecule has 3 atom stereocenters. The fraction of sp³-hybridized carbons (Fsp3) is 0.750. The minimum absolute atomic E-state index is 0.309. The second-order valence-corrected chi connectivity index (χ2v) is 4.49. The molecule has 0 radical (unpaired) electrons. The molecule has 5 nitrogen and oxygen atoms in total. The quantitative estimate of drug-likeness (QED) is 0.745. The van der Waals surface area contributed by atoms with E-state index in [4.69, 9.17) is 21.0 Å². The number of amides is 1. The van der Waals surface area contributed by atoms with Gasteiger partial charge < -0.3 is 14.6 Å². The summed E-state index contributed by atoms with van der Waals surface area (Å²) in [5, 5.41) is 9.13. The molecule has 1 amide bonds. The Morgan fingerprint density at radius 2 is 2.12 bits per heavy atom. The number of rotatable bonds is 2. The Kier molecular flexibility index (Phi) is 4.02. The van der Waals surface area contributed by atoms with Gasteiger partial charge in [-0.15, -0.1) is 6.42 Å². The Bertz CT molecular complexity index is 334. The number of likely N-dealkylation sites (N-methyl/N-ethyl adjacent to an activating group) is 1. The van der Waals surface area contributed by atoms with Gasteiger partial charge >= 0.3 is 6.09 Å². The molecule has 0 aromatic rings. The van der Waals surface area contributed by atoms with Gasteiger partial charge in [0.05, 0.1) is 12.1 Å². The van der Waals surface area contributed by atoms with Crippen LogP contribution in [-0.2, 0) is 9.47 Å². The lowest BCUT2D eigenvalue weighted by Gasteiger charge is -2.46. The first-order chi connectivity index (χ1) is 7.82.